The van der Waals surface area contributed by atoms with Crippen LogP contribution < -0.4 is 4.74 Å². The van der Waals surface area contributed by atoms with Gasteiger partial charge in [0, 0.05) is 36.2 Å². The number of morpholine rings is 1. The summed E-state index contributed by atoms with van der Waals surface area (Å²) in [5.74, 6) is -0.775. The lowest BCUT2D eigenvalue weighted by atomic mass is 9.94. The Hall–Kier alpha value is -3.46. The Balaban J connectivity index is 1.42. The molecular formula is C32H33BrN2O5. The van der Waals surface area contributed by atoms with Crippen LogP contribution >= 0.6 is 15.9 Å². The Morgan fingerprint density at radius 2 is 1.77 bits per heavy atom. The molecule has 3 aromatic rings. The zero-order valence-electron chi connectivity index (χ0n) is 22.5. The van der Waals surface area contributed by atoms with Gasteiger partial charge in [-0.15, -0.1) is 0 Å². The van der Waals surface area contributed by atoms with E-state index in [0.717, 1.165) is 40.8 Å². The summed E-state index contributed by atoms with van der Waals surface area (Å²) in [6.45, 7) is 6.62. The number of ether oxygens (including phenoxy) is 2. The lowest BCUT2D eigenvalue weighted by molar-refractivity contribution is -0.140. The molecule has 1 amide bonds. The fourth-order valence-corrected chi connectivity index (χ4v) is 5.72. The van der Waals surface area contributed by atoms with Crippen molar-refractivity contribution in [2.24, 2.45) is 0 Å². The number of ketones is 1. The van der Waals surface area contributed by atoms with Gasteiger partial charge in [-0.1, -0.05) is 58.4 Å². The first-order valence-corrected chi connectivity index (χ1v) is 14.3. The van der Waals surface area contributed by atoms with Crippen LogP contribution in [0.2, 0.25) is 0 Å². The number of nitrogens with zero attached hydrogens (tertiary/aromatic N) is 2. The van der Waals surface area contributed by atoms with Crippen LogP contribution in [0, 0.1) is 6.92 Å². The molecule has 0 bridgehead atoms. The van der Waals surface area contributed by atoms with Crippen molar-refractivity contribution in [2.45, 2.75) is 26.0 Å². The topological polar surface area (TPSA) is 79.3 Å². The molecule has 0 unspecified atom stereocenters. The van der Waals surface area contributed by atoms with Crippen molar-refractivity contribution in [3.05, 3.63) is 105 Å². The number of rotatable bonds is 9. The van der Waals surface area contributed by atoms with Crippen LogP contribution in [0.4, 0.5) is 0 Å². The molecule has 8 heteroatoms. The monoisotopic (exact) mass is 604 g/mol. The second-order valence-electron chi connectivity index (χ2n) is 10.1. The minimum absolute atomic E-state index is 0.107. The highest BCUT2D eigenvalue weighted by molar-refractivity contribution is 9.10. The Morgan fingerprint density at radius 1 is 1.00 bits per heavy atom. The van der Waals surface area contributed by atoms with Crippen molar-refractivity contribution in [3.63, 3.8) is 0 Å². The van der Waals surface area contributed by atoms with Gasteiger partial charge < -0.3 is 19.5 Å². The third-order valence-corrected chi connectivity index (χ3v) is 7.88. The van der Waals surface area contributed by atoms with Crippen LogP contribution in [0.25, 0.3) is 5.76 Å². The maximum Gasteiger partial charge on any atom is 0.295 e. The summed E-state index contributed by atoms with van der Waals surface area (Å²) in [6, 6.07) is 22.1. The number of hydrogen-bond donors (Lipinski definition) is 1. The zero-order chi connectivity index (χ0) is 28.1. The SMILES string of the molecule is Cc1cc(OCc2ccccc2)ccc1C(O)=C1C(=O)C(=O)N(CCCN2CCOCC2)[C@H]1c1cccc(Br)c1. The molecule has 2 heterocycles. The van der Waals surface area contributed by atoms with Gasteiger partial charge in [0.25, 0.3) is 11.7 Å². The van der Waals surface area contributed by atoms with E-state index < -0.39 is 17.7 Å². The normalized spacial score (nSPS) is 19.2. The molecule has 40 heavy (non-hydrogen) atoms. The van der Waals surface area contributed by atoms with Gasteiger partial charge in [0.1, 0.15) is 18.1 Å². The summed E-state index contributed by atoms with van der Waals surface area (Å²) >= 11 is 3.52. The van der Waals surface area contributed by atoms with Crippen LogP contribution in [-0.2, 0) is 20.9 Å². The van der Waals surface area contributed by atoms with Gasteiger partial charge in [0.15, 0.2) is 0 Å². The predicted octanol–water partition coefficient (Wildman–Crippen LogP) is 5.48. The molecule has 2 aliphatic rings. The van der Waals surface area contributed by atoms with E-state index in [1.807, 2.05) is 67.6 Å². The van der Waals surface area contributed by atoms with E-state index in [0.29, 0.717) is 44.1 Å². The van der Waals surface area contributed by atoms with E-state index in [1.54, 1.807) is 17.0 Å². The number of likely N-dealkylation sites (tertiary alicyclic amines) is 1. The Labute approximate surface area is 243 Å². The molecule has 2 aliphatic heterocycles. The second-order valence-corrected chi connectivity index (χ2v) is 11.0. The second kappa shape index (κ2) is 12.8. The molecule has 2 saturated heterocycles. The number of amides is 1. The van der Waals surface area contributed by atoms with Gasteiger partial charge in [-0.3, -0.25) is 14.5 Å². The minimum Gasteiger partial charge on any atom is -0.507 e. The van der Waals surface area contributed by atoms with Crippen LogP contribution in [0.3, 0.4) is 0 Å². The summed E-state index contributed by atoms with van der Waals surface area (Å²) in [7, 11) is 0. The molecule has 0 radical (unpaired) electrons. The van der Waals surface area contributed by atoms with Crippen molar-refractivity contribution in [1.29, 1.82) is 0 Å². The highest BCUT2D eigenvalue weighted by Crippen LogP contribution is 2.41. The number of hydrogen-bond acceptors (Lipinski definition) is 6. The summed E-state index contributed by atoms with van der Waals surface area (Å²) in [6.07, 6.45) is 0.712. The lowest BCUT2D eigenvalue weighted by Crippen LogP contribution is -2.38. The zero-order valence-corrected chi connectivity index (χ0v) is 24.1. The highest BCUT2D eigenvalue weighted by Gasteiger charge is 2.46. The molecule has 0 aromatic heterocycles. The Kier molecular flexibility index (Phi) is 8.99. The van der Waals surface area contributed by atoms with E-state index in [9.17, 15) is 14.7 Å². The van der Waals surface area contributed by atoms with Crippen LogP contribution in [0.15, 0.2) is 82.8 Å². The first kappa shape index (κ1) is 28.1. The van der Waals surface area contributed by atoms with Crippen LogP contribution in [0.5, 0.6) is 5.75 Å². The Bertz CT molecular complexity index is 1400. The molecule has 0 saturated carbocycles. The Morgan fingerprint density at radius 3 is 2.50 bits per heavy atom. The van der Waals surface area contributed by atoms with Crippen molar-refractivity contribution in [3.8, 4) is 5.75 Å². The van der Waals surface area contributed by atoms with E-state index in [4.69, 9.17) is 9.47 Å². The molecule has 1 atom stereocenters. The summed E-state index contributed by atoms with van der Waals surface area (Å²) in [5.41, 5.74) is 3.17. The quantitative estimate of drug-likeness (QED) is 0.198. The number of aryl methyl sites for hydroxylation is 1. The number of carbonyl (C=O) groups is 2. The number of aliphatic hydroxyl groups is 1. The van der Waals surface area contributed by atoms with Crippen molar-refractivity contribution < 1.29 is 24.2 Å². The van der Waals surface area contributed by atoms with Gasteiger partial charge in [-0.25, -0.2) is 0 Å². The summed E-state index contributed by atoms with van der Waals surface area (Å²) in [5, 5.41) is 11.5. The van der Waals surface area contributed by atoms with Gasteiger partial charge in [0.2, 0.25) is 0 Å². The highest BCUT2D eigenvalue weighted by atomic mass is 79.9. The number of halogens is 1. The molecule has 0 aliphatic carbocycles. The molecular weight excluding hydrogens is 572 g/mol. The molecule has 3 aromatic carbocycles. The average molecular weight is 606 g/mol. The lowest BCUT2D eigenvalue weighted by Gasteiger charge is -2.29. The largest absolute Gasteiger partial charge is 0.507 e. The third kappa shape index (κ3) is 6.30. The predicted molar refractivity (Wildman–Crippen MR) is 157 cm³/mol. The smallest absolute Gasteiger partial charge is 0.295 e. The first-order valence-electron chi connectivity index (χ1n) is 13.5. The van der Waals surface area contributed by atoms with Crippen molar-refractivity contribution in [2.75, 3.05) is 39.4 Å². The van der Waals surface area contributed by atoms with Crippen molar-refractivity contribution in [1.82, 2.24) is 9.80 Å². The molecule has 5 rings (SSSR count). The molecule has 7 nitrogen and oxygen atoms in total. The molecule has 208 valence electrons. The van der Waals surface area contributed by atoms with Gasteiger partial charge in [0.05, 0.1) is 24.8 Å². The van der Waals surface area contributed by atoms with E-state index in [-0.39, 0.29) is 11.3 Å². The standard InChI is InChI=1S/C32H33BrN2O5/c1-22-19-26(40-21-23-7-3-2-4-8-23)11-12-27(22)30(36)28-29(24-9-5-10-25(33)20-24)35(32(38)31(28)37)14-6-13-34-15-17-39-18-16-34/h2-5,7-12,19-20,29,36H,6,13-18,21H2,1H3/t29-/m0/s1. The van der Waals surface area contributed by atoms with Gasteiger partial charge in [-0.2, -0.15) is 0 Å². The molecule has 2 fully saturated rings. The third-order valence-electron chi connectivity index (χ3n) is 7.38. The fraction of sp³-hybridized carbons (Fsp3) is 0.312. The fourth-order valence-electron chi connectivity index (χ4n) is 5.30. The van der Waals surface area contributed by atoms with Crippen molar-refractivity contribution >= 4 is 33.4 Å². The van der Waals surface area contributed by atoms with Crippen LogP contribution in [0.1, 0.15) is 34.7 Å². The number of benzene rings is 3. The molecule has 0 spiro atoms. The van der Waals surface area contributed by atoms with E-state index >= 15 is 0 Å². The minimum atomic E-state index is -0.685. The van der Waals surface area contributed by atoms with E-state index in [2.05, 4.69) is 20.8 Å². The maximum atomic E-state index is 13.4. The molecule has 1 N–H and O–H groups in total. The summed E-state index contributed by atoms with van der Waals surface area (Å²) < 4.78 is 12.2. The number of aliphatic hydroxyl groups excluding tert-OH is 1. The average Bonchev–Trinajstić information content (AvgIpc) is 3.22. The van der Waals surface area contributed by atoms with Gasteiger partial charge in [-0.05, 0) is 60.4 Å². The maximum absolute atomic E-state index is 13.4. The van der Waals surface area contributed by atoms with Gasteiger partial charge >= 0.3 is 0 Å². The van der Waals surface area contributed by atoms with E-state index in [1.165, 1.54) is 0 Å². The number of carbonyl (C=O) groups excluding carboxylic acids is 2. The van der Waals surface area contributed by atoms with Crippen LogP contribution in [-0.4, -0.2) is 66.0 Å². The number of Topliss-reactive ketones (excluding diaryl/α,β-unsaturated/α-hetero) is 1. The summed E-state index contributed by atoms with van der Waals surface area (Å²) in [4.78, 5) is 30.7. The first-order chi connectivity index (χ1) is 19.4.